The predicted molar refractivity (Wildman–Crippen MR) is 190 cm³/mol. The summed E-state index contributed by atoms with van der Waals surface area (Å²) in [7, 11) is 3.36. The fraction of sp³-hybridized carbons (Fsp3) is 0.100. The molecule has 0 aliphatic carbocycles. The van der Waals surface area contributed by atoms with E-state index in [1.54, 1.807) is 118 Å². The van der Waals surface area contributed by atoms with E-state index >= 15 is 0 Å². The molecular formula is C40H26N8O4. The van der Waals surface area contributed by atoms with Crippen LogP contribution in [0.2, 0.25) is 0 Å². The first-order valence-corrected chi connectivity index (χ1v) is 16.2. The van der Waals surface area contributed by atoms with E-state index in [0.717, 1.165) is 9.80 Å². The number of hydrogen-bond donors (Lipinski definition) is 0. The molecule has 12 heteroatoms. The average Bonchev–Trinajstić information content (AvgIpc) is 3.79. The number of rotatable bonds is 5. The minimum atomic E-state index is -0.458. The monoisotopic (exact) mass is 682 g/mol. The maximum Gasteiger partial charge on any atom is 0.267 e. The van der Waals surface area contributed by atoms with E-state index in [0.29, 0.717) is 84.0 Å². The molecule has 0 saturated heterocycles. The van der Waals surface area contributed by atoms with Crippen molar-refractivity contribution in [2.75, 3.05) is 9.80 Å². The SMILES string of the molecule is Cc1c(N2C(=O)c3ccccc3C2=O)nn(C)c1-c1ccc(C#N)c(-c2cc(-c3nn(C)c(N4C(=O)c5ccccc5C4=O)c3C)ccc2C#N)c1. The highest BCUT2D eigenvalue weighted by molar-refractivity contribution is 6.35. The van der Waals surface area contributed by atoms with Crippen molar-refractivity contribution >= 4 is 35.3 Å². The molecule has 0 fully saturated rings. The zero-order chi connectivity index (χ0) is 36.6. The van der Waals surface area contributed by atoms with Crippen molar-refractivity contribution in [3.05, 3.63) is 129 Å². The Morgan fingerprint density at radius 1 is 0.538 bits per heavy atom. The molecule has 0 atom stereocenters. The Kier molecular flexibility index (Phi) is 7.08. The topological polar surface area (TPSA) is 158 Å². The molecule has 8 rings (SSSR count). The van der Waals surface area contributed by atoms with E-state index in [9.17, 15) is 29.7 Å². The van der Waals surface area contributed by atoms with Gasteiger partial charge >= 0.3 is 0 Å². The second-order valence-corrected chi connectivity index (χ2v) is 12.6. The number of fused-ring (bicyclic) bond motifs is 2. The smallest absolute Gasteiger partial charge is 0.267 e. The fourth-order valence-corrected chi connectivity index (χ4v) is 7.23. The van der Waals surface area contributed by atoms with Crippen molar-refractivity contribution in [1.29, 1.82) is 10.5 Å². The summed E-state index contributed by atoms with van der Waals surface area (Å²) in [6.07, 6.45) is 0. The van der Waals surface area contributed by atoms with Crippen LogP contribution in [0.3, 0.4) is 0 Å². The number of amides is 4. The Hall–Kier alpha value is -7.44. The average molecular weight is 683 g/mol. The van der Waals surface area contributed by atoms with Crippen molar-refractivity contribution in [3.63, 3.8) is 0 Å². The molecular weight excluding hydrogens is 656 g/mol. The number of imide groups is 2. The molecule has 4 heterocycles. The molecule has 12 nitrogen and oxygen atoms in total. The zero-order valence-corrected chi connectivity index (χ0v) is 28.3. The van der Waals surface area contributed by atoms with Gasteiger partial charge in [0.25, 0.3) is 23.6 Å². The number of benzene rings is 4. The molecule has 4 amide bonds. The van der Waals surface area contributed by atoms with Crippen LogP contribution in [-0.4, -0.2) is 43.2 Å². The van der Waals surface area contributed by atoms with Gasteiger partial charge in [-0.05, 0) is 62.4 Å². The second-order valence-electron chi connectivity index (χ2n) is 12.6. The first-order valence-electron chi connectivity index (χ1n) is 16.2. The van der Waals surface area contributed by atoms with Gasteiger partial charge in [-0.25, -0.2) is 9.80 Å². The minimum absolute atomic E-state index is 0.203. The molecule has 0 unspecified atom stereocenters. The van der Waals surface area contributed by atoms with Crippen LogP contribution in [0.25, 0.3) is 33.6 Å². The van der Waals surface area contributed by atoms with Crippen molar-refractivity contribution < 1.29 is 19.2 Å². The quantitative estimate of drug-likeness (QED) is 0.197. The Balaban J connectivity index is 1.22. The van der Waals surface area contributed by atoms with E-state index in [1.165, 1.54) is 4.68 Å². The van der Waals surface area contributed by atoms with E-state index in [1.807, 2.05) is 0 Å². The Bertz CT molecular complexity index is 2630. The summed E-state index contributed by atoms with van der Waals surface area (Å²) in [6.45, 7) is 3.55. The van der Waals surface area contributed by atoms with Crippen LogP contribution < -0.4 is 9.80 Å². The van der Waals surface area contributed by atoms with E-state index < -0.39 is 23.6 Å². The lowest BCUT2D eigenvalue weighted by molar-refractivity contribution is 0.0908. The summed E-state index contributed by atoms with van der Waals surface area (Å²) >= 11 is 0. The van der Waals surface area contributed by atoms with Crippen LogP contribution in [0.4, 0.5) is 11.6 Å². The van der Waals surface area contributed by atoms with Gasteiger partial charge in [-0.2, -0.15) is 20.7 Å². The highest BCUT2D eigenvalue weighted by Crippen LogP contribution is 2.40. The van der Waals surface area contributed by atoms with Gasteiger partial charge in [-0.15, -0.1) is 0 Å². The number of carbonyl (C=O) groups is 4. The number of nitrogens with zero attached hydrogens (tertiary/aromatic N) is 8. The number of anilines is 2. The number of hydrogen-bond acceptors (Lipinski definition) is 8. The Morgan fingerprint density at radius 3 is 1.50 bits per heavy atom. The normalized spacial score (nSPS) is 13.4. The standard InChI is InChI=1S/C40H26N8O4/c1-21-33(43-46(4)36(21)48-39(51)29-11-7-8-12-30(29)40(48)52)23-13-15-25(19-41)31(17-23)32-18-24(14-16-26(32)20-42)34-22(2)35(44-45(34)3)47-37(49)27-9-5-6-10-28(27)38(47)50/h5-18H,1-4H3. The van der Waals surface area contributed by atoms with Gasteiger partial charge in [0.1, 0.15) is 5.82 Å². The summed E-state index contributed by atoms with van der Waals surface area (Å²) in [5, 5.41) is 29.7. The summed E-state index contributed by atoms with van der Waals surface area (Å²) in [4.78, 5) is 55.6. The van der Waals surface area contributed by atoms with Crippen molar-refractivity contribution in [2.45, 2.75) is 13.8 Å². The molecule has 6 aromatic rings. The molecule has 2 aromatic heterocycles. The molecule has 4 aromatic carbocycles. The van der Waals surface area contributed by atoms with Gasteiger partial charge in [0, 0.05) is 47.5 Å². The summed E-state index contributed by atoms with van der Waals surface area (Å²) in [5.74, 6) is -1.27. The highest BCUT2D eigenvalue weighted by atomic mass is 16.2. The number of nitriles is 2. The van der Waals surface area contributed by atoms with Crippen LogP contribution >= 0.6 is 0 Å². The first-order chi connectivity index (χ1) is 25.0. The van der Waals surface area contributed by atoms with Gasteiger partial charge in [0.05, 0.1) is 56.9 Å². The first kappa shape index (κ1) is 31.8. The maximum atomic E-state index is 13.4. The lowest BCUT2D eigenvalue weighted by Gasteiger charge is -2.15. The Labute approximate surface area is 297 Å². The van der Waals surface area contributed by atoms with Gasteiger partial charge in [-0.1, -0.05) is 36.4 Å². The van der Waals surface area contributed by atoms with Crippen LogP contribution in [0, 0.1) is 36.5 Å². The molecule has 2 aliphatic rings. The zero-order valence-electron chi connectivity index (χ0n) is 28.3. The molecule has 2 aliphatic heterocycles. The van der Waals surface area contributed by atoms with Crippen molar-refractivity contribution in [3.8, 4) is 45.8 Å². The molecule has 52 heavy (non-hydrogen) atoms. The predicted octanol–water partition coefficient (Wildman–Crippen LogP) is 6.12. The van der Waals surface area contributed by atoms with Gasteiger partial charge < -0.3 is 0 Å². The summed E-state index contributed by atoms with van der Waals surface area (Å²) in [6, 6.07) is 28.1. The maximum absolute atomic E-state index is 13.4. The van der Waals surface area contributed by atoms with Gasteiger partial charge in [-0.3, -0.25) is 28.5 Å². The lowest BCUT2D eigenvalue weighted by atomic mass is 9.91. The molecule has 0 spiro atoms. The van der Waals surface area contributed by atoms with Crippen LogP contribution in [-0.2, 0) is 14.1 Å². The third-order valence-corrected chi connectivity index (χ3v) is 9.63. The number of carbonyl (C=O) groups excluding carboxylic acids is 4. The molecule has 0 radical (unpaired) electrons. The second kappa shape index (κ2) is 11.6. The highest BCUT2D eigenvalue weighted by Gasteiger charge is 2.40. The third kappa shape index (κ3) is 4.45. The number of aryl methyl sites for hydroxylation is 2. The van der Waals surface area contributed by atoms with Gasteiger partial charge in [0.15, 0.2) is 5.82 Å². The van der Waals surface area contributed by atoms with Crippen molar-refractivity contribution in [2.24, 2.45) is 14.1 Å². The van der Waals surface area contributed by atoms with E-state index in [2.05, 4.69) is 17.2 Å². The third-order valence-electron chi connectivity index (χ3n) is 9.63. The summed E-state index contributed by atoms with van der Waals surface area (Å²) in [5.41, 5.74) is 6.29. The molecule has 0 N–H and O–H groups in total. The molecule has 0 bridgehead atoms. The lowest BCUT2D eigenvalue weighted by Crippen LogP contribution is -2.31. The fourth-order valence-electron chi connectivity index (χ4n) is 7.23. The minimum Gasteiger partial charge on any atom is -0.268 e. The van der Waals surface area contributed by atoms with Crippen LogP contribution in [0.15, 0.2) is 84.9 Å². The largest absolute Gasteiger partial charge is 0.268 e. The van der Waals surface area contributed by atoms with Crippen molar-refractivity contribution in [1.82, 2.24) is 19.6 Å². The molecule has 0 saturated carbocycles. The number of aromatic nitrogens is 4. The summed E-state index contributed by atoms with van der Waals surface area (Å²) < 4.78 is 3.07. The van der Waals surface area contributed by atoms with E-state index in [4.69, 9.17) is 5.10 Å². The van der Waals surface area contributed by atoms with Crippen LogP contribution in [0.5, 0.6) is 0 Å². The molecule has 250 valence electrons. The van der Waals surface area contributed by atoms with Gasteiger partial charge in [0.2, 0.25) is 0 Å². The van der Waals surface area contributed by atoms with E-state index in [-0.39, 0.29) is 5.82 Å². The van der Waals surface area contributed by atoms with Crippen LogP contribution in [0.1, 0.15) is 63.7 Å². The Morgan fingerprint density at radius 2 is 1.00 bits per heavy atom.